The maximum absolute atomic E-state index is 14.8. The van der Waals surface area contributed by atoms with Crippen molar-refractivity contribution >= 4 is 23.5 Å². The van der Waals surface area contributed by atoms with E-state index >= 15 is 0 Å². The zero-order valence-corrected chi connectivity index (χ0v) is 28.4. The van der Waals surface area contributed by atoms with Crippen LogP contribution in [0.15, 0.2) is 48.0 Å². The molecule has 7 nitrogen and oxygen atoms in total. The number of benzene rings is 2. The number of rotatable bonds is 10. The fourth-order valence-electron chi connectivity index (χ4n) is 7.36. The van der Waals surface area contributed by atoms with Gasteiger partial charge in [-0.25, -0.2) is 9.18 Å². The molecular weight excluding hydrogens is 609 g/mol. The first-order valence-corrected chi connectivity index (χ1v) is 16.9. The number of methoxy groups -OCH3 is 1. The van der Waals surface area contributed by atoms with E-state index in [0.29, 0.717) is 63.7 Å². The Morgan fingerprint density at radius 1 is 1.17 bits per heavy atom. The molecule has 3 aliphatic carbocycles. The number of carbonyl (C=O) groups excluding carboxylic acids is 2. The number of aliphatic hydroxyl groups excluding tert-OH is 1. The predicted octanol–water partition coefficient (Wildman–Crippen LogP) is 7.44. The molecule has 1 saturated carbocycles. The molecule has 2 aromatic carbocycles. The molecule has 5 rings (SSSR count). The number of hydrogen-bond acceptors (Lipinski definition) is 6. The highest BCUT2D eigenvalue weighted by Gasteiger charge is 2.57. The second kappa shape index (κ2) is 15.9. The van der Waals surface area contributed by atoms with Gasteiger partial charge in [-0.15, -0.1) is 0 Å². The first-order chi connectivity index (χ1) is 21.9. The number of allylic oxidation sites excluding steroid dienone is 2. The Kier molecular flexibility index (Phi) is 12.4. The molecule has 9 heteroatoms. The predicted molar refractivity (Wildman–Crippen MR) is 178 cm³/mol. The highest BCUT2D eigenvalue weighted by atomic mass is 35.5. The highest BCUT2D eigenvalue weighted by molar-refractivity contribution is 6.31. The average molecular weight is 658 g/mol. The molecule has 0 radical (unpaired) electrons. The Morgan fingerprint density at radius 3 is 2.67 bits per heavy atom. The third kappa shape index (κ3) is 8.19. The average Bonchev–Trinajstić information content (AvgIpc) is 3.26. The summed E-state index contributed by atoms with van der Waals surface area (Å²) in [4.78, 5) is 28.8. The van der Waals surface area contributed by atoms with Crippen LogP contribution in [0.1, 0.15) is 98.7 Å². The van der Waals surface area contributed by atoms with Gasteiger partial charge in [-0.05, 0) is 100 Å². The van der Waals surface area contributed by atoms with Gasteiger partial charge < -0.3 is 24.6 Å². The summed E-state index contributed by atoms with van der Waals surface area (Å²) in [5, 5.41) is 23.6. The molecule has 2 aromatic rings. The third-order valence-corrected chi connectivity index (χ3v) is 10.5. The third-order valence-electron chi connectivity index (χ3n) is 10.1. The van der Waals surface area contributed by atoms with E-state index < -0.39 is 29.0 Å². The van der Waals surface area contributed by atoms with E-state index in [1.807, 2.05) is 18.2 Å². The van der Waals surface area contributed by atoms with Crippen LogP contribution in [0.5, 0.6) is 0 Å². The fraction of sp³-hybridized carbons (Fsp3) is 0.568. The van der Waals surface area contributed by atoms with Gasteiger partial charge in [-0.2, -0.15) is 0 Å². The largest absolute Gasteiger partial charge is 0.450 e. The maximum atomic E-state index is 14.8. The van der Waals surface area contributed by atoms with Crippen molar-refractivity contribution in [2.45, 2.75) is 96.2 Å². The van der Waals surface area contributed by atoms with Crippen molar-refractivity contribution in [3.05, 3.63) is 81.1 Å². The monoisotopic (exact) mass is 657 g/mol. The molecule has 0 aromatic heterocycles. The van der Waals surface area contributed by atoms with Gasteiger partial charge in [-0.1, -0.05) is 48.4 Å². The SMILES string of the molecule is CCOC(=O)N(CCCOC)CC1(O)CCC2c3ccc(cc3C(=O)Cc3c(F)cccc3Cl)CC(O)CCC(C)=CCCC21C. The molecule has 1 fully saturated rings. The summed E-state index contributed by atoms with van der Waals surface area (Å²) in [6.07, 6.45) is 5.52. The van der Waals surface area contributed by atoms with E-state index in [1.54, 1.807) is 25.0 Å². The maximum Gasteiger partial charge on any atom is 0.409 e. The number of carbonyl (C=O) groups is 2. The van der Waals surface area contributed by atoms with E-state index in [-0.39, 0.29) is 41.9 Å². The molecule has 1 amide bonds. The van der Waals surface area contributed by atoms with E-state index in [0.717, 1.165) is 17.5 Å². The highest BCUT2D eigenvalue weighted by Crippen LogP contribution is 2.59. The number of hydrogen-bond donors (Lipinski definition) is 2. The number of aliphatic hydroxyl groups is 2. The van der Waals surface area contributed by atoms with Crippen LogP contribution in [-0.4, -0.2) is 72.1 Å². The standard InChI is InChI=1S/C37H49ClFNO6/c1-5-46-35(43)40(19-8-20-45-4)24-37(44)18-16-31-28-15-13-26(21-27(41)14-12-25(2)9-7-17-36(31,37)3)22-29(28)34(42)23-30-32(38)10-6-11-33(30)39/h6,9-11,13,15,22,27,31,41,44H,5,7-8,12,14,16-21,23-24H2,1-4H3. The van der Waals surface area contributed by atoms with Gasteiger partial charge in [0, 0.05) is 48.2 Å². The minimum absolute atomic E-state index is 0.0869. The summed E-state index contributed by atoms with van der Waals surface area (Å²) in [7, 11) is 1.61. The number of ketones is 1. The number of ether oxygens (including phenoxy) is 2. The van der Waals surface area contributed by atoms with Crippen LogP contribution in [0.4, 0.5) is 9.18 Å². The topological polar surface area (TPSA) is 96.3 Å². The van der Waals surface area contributed by atoms with Crippen LogP contribution in [0, 0.1) is 11.2 Å². The number of nitrogens with zero attached hydrogens (tertiary/aromatic N) is 1. The van der Waals surface area contributed by atoms with Crippen molar-refractivity contribution in [3.8, 4) is 0 Å². The molecule has 2 bridgehead atoms. The van der Waals surface area contributed by atoms with Gasteiger partial charge in [0.1, 0.15) is 5.82 Å². The lowest BCUT2D eigenvalue weighted by Gasteiger charge is -2.46. The van der Waals surface area contributed by atoms with Crippen LogP contribution < -0.4 is 0 Å². The van der Waals surface area contributed by atoms with Crippen LogP contribution in [0.2, 0.25) is 5.02 Å². The van der Waals surface area contributed by atoms with Crippen molar-refractivity contribution in [2.24, 2.45) is 5.41 Å². The molecule has 0 aliphatic heterocycles. The first-order valence-electron chi connectivity index (χ1n) is 16.5. The molecule has 252 valence electrons. The van der Waals surface area contributed by atoms with Gasteiger partial charge >= 0.3 is 6.09 Å². The summed E-state index contributed by atoms with van der Waals surface area (Å²) >= 11 is 6.33. The van der Waals surface area contributed by atoms with Crippen molar-refractivity contribution < 1.29 is 33.7 Å². The molecule has 0 saturated heterocycles. The first kappa shape index (κ1) is 36.1. The van der Waals surface area contributed by atoms with E-state index in [1.165, 1.54) is 17.7 Å². The lowest BCUT2D eigenvalue weighted by atomic mass is 9.64. The number of Topliss-reactive ketones (excluding diaryl/α,β-unsaturated/α-hetero) is 1. The molecule has 0 spiro atoms. The van der Waals surface area contributed by atoms with Crippen molar-refractivity contribution in [2.75, 3.05) is 33.4 Å². The van der Waals surface area contributed by atoms with Gasteiger partial charge in [0.25, 0.3) is 0 Å². The van der Waals surface area contributed by atoms with E-state index in [9.17, 15) is 24.2 Å². The smallest absolute Gasteiger partial charge is 0.409 e. The lowest BCUT2D eigenvalue weighted by molar-refractivity contribution is -0.0814. The van der Waals surface area contributed by atoms with Gasteiger partial charge in [0.15, 0.2) is 5.78 Å². The molecule has 46 heavy (non-hydrogen) atoms. The fourth-order valence-corrected chi connectivity index (χ4v) is 7.59. The Morgan fingerprint density at radius 2 is 1.96 bits per heavy atom. The molecule has 4 atom stereocenters. The van der Waals surface area contributed by atoms with E-state index in [4.69, 9.17) is 21.1 Å². The number of fused-ring (bicyclic) bond motifs is 8. The summed E-state index contributed by atoms with van der Waals surface area (Å²) in [6.45, 7) is 7.04. The molecule has 4 unspecified atom stereocenters. The second-order valence-corrected chi connectivity index (χ2v) is 13.6. The van der Waals surface area contributed by atoms with Crippen LogP contribution in [0.3, 0.4) is 0 Å². The van der Waals surface area contributed by atoms with Crippen molar-refractivity contribution in [3.63, 3.8) is 0 Å². The van der Waals surface area contributed by atoms with Crippen LogP contribution >= 0.6 is 11.6 Å². The van der Waals surface area contributed by atoms with Gasteiger partial charge in [0.2, 0.25) is 0 Å². The Balaban J connectivity index is 1.80. The van der Waals surface area contributed by atoms with Crippen molar-refractivity contribution in [1.82, 2.24) is 4.90 Å². The van der Waals surface area contributed by atoms with Crippen LogP contribution in [-0.2, 0) is 22.3 Å². The minimum atomic E-state index is -1.28. The lowest BCUT2D eigenvalue weighted by Crippen LogP contribution is -2.54. The summed E-state index contributed by atoms with van der Waals surface area (Å²) < 4.78 is 25.4. The normalized spacial score (nSPS) is 25.0. The number of halogens is 2. The second-order valence-electron chi connectivity index (χ2n) is 13.2. The minimum Gasteiger partial charge on any atom is -0.450 e. The molecule has 3 aliphatic rings. The van der Waals surface area contributed by atoms with Crippen molar-refractivity contribution in [1.29, 1.82) is 0 Å². The summed E-state index contributed by atoms with van der Waals surface area (Å²) in [5.74, 6) is -1.04. The summed E-state index contributed by atoms with van der Waals surface area (Å²) in [6, 6.07) is 10.1. The quantitative estimate of drug-likeness (QED) is 0.157. The molecule has 2 N–H and O–H groups in total. The Labute approximate surface area is 277 Å². The Bertz CT molecular complexity index is 1390. The van der Waals surface area contributed by atoms with Gasteiger partial charge in [0.05, 0.1) is 24.9 Å². The van der Waals surface area contributed by atoms with Gasteiger partial charge in [-0.3, -0.25) is 4.79 Å². The van der Waals surface area contributed by atoms with E-state index in [2.05, 4.69) is 19.9 Å². The molecular formula is C37H49ClFNO6. The number of amides is 1. The molecule has 0 heterocycles. The van der Waals surface area contributed by atoms with Crippen LogP contribution in [0.25, 0.3) is 0 Å². The Hall–Kier alpha value is -2.78. The zero-order valence-electron chi connectivity index (χ0n) is 27.6. The zero-order chi connectivity index (χ0) is 33.5. The summed E-state index contributed by atoms with van der Waals surface area (Å²) in [5.41, 5.74) is 1.37.